The molecule has 3 rings (SSSR count). The van der Waals surface area contributed by atoms with Crippen LogP contribution in [0, 0.1) is 5.92 Å². The van der Waals surface area contributed by atoms with E-state index in [1.807, 2.05) is 30.3 Å². The maximum absolute atomic E-state index is 12.2. The van der Waals surface area contributed by atoms with E-state index in [1.165, 1.54) is 6.42 Å². The molecule has 0 unspecified atom stereocenters. The Morgan fingerprint density at radius 2 is 2.00 bits per heavy atom. The van der Waals surface area contributed by atoms with Crippen LogP contribution in [0.1, 0.15) is 43.0 Å². The number of aldehydes is 1. The summed E-state index contributed by atoms with van der Waals surface area (Å²) in [6.07, 6.45) is 5.38. The summed E-state index contributed by atoms with van der Waals surface area (Å²) in [6.45, 7) is 2.11. The van der Waals surface area contributed by atoms with E-state index in [9.17, 15) is 9.59 Å². The van der Waals surface area contributed by atoms with Crippen LogP contribution in [0.2, 0.25) is 0 Å². The van der Waals surface area contributed by atoms with Crippen molar-refractivity contribution < 1.29 is 14.3 Å². The first-order valence-electron chi connectivity index (χ1n) is 8.58. The minimum absolute atomic E-state index is 0.0671. The minimum Gasteiger partial charge on any atom is -0.483 e. The molecule has 0 bridgehead atoms. The number of fused-ring (bicyclic) bond motifs is 1. The lowest BCUT2D eigenvalue weighted by Crippen LogP contribution is -2.43. The molecule has 1 aliphatic carbocycles. The Kier molecular flexibility index (Phi) is 5.14. The lowest BCUT2D eigenvalue weighted by atomic mass is 9.86. The molecule has 0 aromatic heterocycles. The molecule has 1 saturated carbocycles. The molecule has 4 nitrogen and oxygen atoms in total. The van der Waals surface area contributed by atoms with Crippen LogP contribution in [0.4, 0.5) is 0 Å². The molecule has 0 spiro atoms. The van der Waals surface area contributed by atoms with E-state index < -0.39 is 0 Å². The highest BCUT2D eigenvalue weighted by molar-refractivity contribution is 6.00. The highest BCUT2D eigenvalue weighted by Gasteiger charge is 2.23. The molecule has 126 valence electrons. The third-order valence-corrected chi connectivity index (χ3v) is 4.87. The van der Waals surface area contributed by atoms with Gasteiger partial charge in [0.15, 0.2) is 12.9 Å². The van der Waals surface area contributed by atoms with E-state index in [0.717, 1.165) is 36.3 Å². The van der Waals surface area contributed by atoms with Gasteiger partial charge in [0, 0.05) is 6.04 Å². The molecule has 0 aliphatic heterocycles. The van der Waals surface area contributed by atoms with E-state index in [1.54, 1.807) is 6.07 Å². The number of carbonyl (C=O) groups excluding carboxylic acids is 2. The van der Waals surface area contributed by atoms with E-state index in [0.29, 0.717) is 17.2 Å². The molecule has 4 heteroatoms. The fraction of sp³-hybridized carbons (Fsp3) is 0.400. The Bertz CT molecular complexity index is 741. The summed E-state index contributed by atoms with van der Waals surface area (Å²) in [5.74, 6) is 0.836. The summed E-state index contributed by atoms with van der Waals surface area (Å²) < 4.78 is 5.63. The van der Waals surface area contributed by atoms with Crippen LogP contribution in [-0.4, -0.2) is 24.8 Å². The summed E-state index contributed by atoms with van der Waals surface area (Å²) in [4.78, 5) is 23.6. The molecule has 0 heterocycles. The fourth-order valence-corrected chi connectivity index (χ4v) is 3.45. The highest BCUT2D eigenvalue weighted by atomic mass is 16.5. The van der Waals surface area contributed by atoms with Crippen LogP contribution >= 0.6 is 0 Å². The van der Waals surface area contributed by atoms with Gasteiger partial charge in [-0.05, 0) is 35.6 Å². The van der Waals surface area contributed by atoms with Crippen LogP contribution in [0.3, 0.4) is 0 Å². The van der Waals surface area contributed by atoms with Crippen molar-refractivity contribution in [1.29, 1.82) is 0 Å². The predicted molar refractivity (Wildman–Crippen MR) is 94.4 cm³/mol. The van der Waals surface area contributed by atoms with Gasteiger partial charge in [-0.15, -0.1) is 0 Å². The van der Waals surface area contributed by atoms with Crippen molar-refractivity contribution in [2.75, 3.05) is 6.61 Å². The molecule has 24 heavy (non-hydrogen) atoms. The third kappa shape index (κ3) is 3.58. The van der Waals surface area contributed by atoms with Crippen LogP contribution in [0.5, 0.6) is 5.75 Å². The second-order valence-corrected chi connectivity index (χ2v) is 6.54. The number of hydrogen-bond donors (Lipinski definition) is 1. The lowest BCUT2D eigenvalue weighted by molar-refractivity contribution is -0.124. The van der Waals surface area contributed by atoms with Gasteiger partial charge in [0.1, 0.15) is 5.75 Å². The van der Waals surface area contributed by atoms with Gasteiger partial charge in [0.25, 0.3) is 5.91 Å². The van der Waals surface area contributed by atoms with Crippen molar-refractivity contribution in [3.8, 4) is 5.75 Å². The summed E-state index contributed by atoms with van der Waals surface area (Å²) in [7, 11) is 0. The minimum atomic E-state index is -0.126. The molecule has 2 aromatic carbocycles. The standard InChI is InChI=1S/C20H23NO3/c1-14-6-2-5-9-18(14)21-20(23)13-24-19-11-10-15-7-3-4-8-16(15)17(19)12-22/h3-4,7-8,10-12,14,18H,2,5-6,9,13H2,1H3,(H,21,23)/t14-,18+/m1/s1. The molecular formula is C20H23NO3. The maximum atomic E-state index is 12.2. The molecule has 1 aliphatic rings. The van der Waals surface area contributed by atoms with E-state index >= 15 is 0 Å². The first-order chi connectivity index (χ1) is 11.7. The maximum Gasteiger partial charge on any atom is 0.258 e. The lowest BCUT2D eigenvalue weighted by Gasteiger charge is -2.29. The smallest absolute Gasteiger partial charge is 0.258 e. The molecule has 2 atom stereocenters. The average Bonchev–Trinajstić information content (AvgIpc) is 2.61. The van der Waals surface area contributed by atoms with Gasteiger partial charge < -0.3 is 10.1 Å². The van der Waals surface area contributed by atoms with Gasteiger partial charge in [0.05, 0.1) is 5.56 Å². The van der Waals surface area contributed by atoms with Crippen LogP contribution in [-0.2, 0) is 4.79 Å². The van der Waals surface area contributed by atoms with Gasteiger partial charge in [-0.2, -0.15) is 0 Å². The Labute approximate surface area is 142 Å². The van der Waals surface area contributed by atoms with E-state index in [2.05, 4.69) is 12.2 Å². The molecule has 1 N–H and O–H groups in total. The zero-order valence-electron chi connectivity index (χ0n) is 14.0. The topological polar surface area (TPSA) is 55.4 Å². The number of hydrogen-bond acceptors (Lipinski definition) is 3. The quantitative estimate of drug-likeness (QED) is 0.852. The van der Waals surface area contributed by atoms with Crippen LogP contribution in [0.25, 0.3) is 10.8 Å². The molecule has 0 radical (unpaired) electrons. The van der Waals surface area contributed by atoms with Gasteiger partial charge >= 0.3 is 0 Å². The summed E-state index contributed by atoms with van der Waals surface area (Å²) in [5.41, 5.74) is 0.493. The molecule has 0 saturated heterocycles. The predicted octanol–water partition coefficient (Wildman–Crippen LogP) is 3.73. The number of carbonyl (C=O) groups is 2. The second-order valence-electron chi connectivity index (χ2n) is 6.54. The van der Waals surface area contributed by atoms with Crippen LogP contribution < -0.4 is 10.1 Å². The first-order valence-corrected chi connectivity index (χ1v) is 8.58. The molecule has 1 amide bonds. The number of benzene rings is 2. The van der Waals surface area contributed by atoms with Crippen molar-refractivity contribution >= 4 is 23.0 Å². The van der Waals surface area contributed by atoms with Gasteiger partial charge in [0.2, 0.25) is 0 Å². The Morgan fingerprint density at radius 1 is 1.21 bits per heavy atom. The van der Waals surface area contributed by atoms with Crippen molar-refractivity contribution in [3.05, 3.63) is 42.0 Å². The third-order valence-electron chi connectivity index (χ3n) is 4.87. The van der Waals surface area contributed by atoms with E-state index in [-0.39, 0.29) is 18.6 Å². The average molecular weight is 325 g/mol. The first kappa shape index (κ1) is 16.5. The number of rotatable bonds is 5. The normalized spacial score (nSPS) is 20.5. The highest BCUT2D eigenvalue weighted by Crippen LogP contribution is 2.27. The van der Waals surface area contributed by atoms with Gasteiger partial charge in [-0.3, -0.25) is 9.59 Å². The number of nitrogens with one attached hydrogen (secondary N) is 1. The summed E-state index contributed by atoms with van der Waals surface area (Å²) in [6, 6.07) is 11.5. The molecule has 2 aromatic rings. The van der Waals surface area contributed by atoms with Crippen molar-refractivity contribution in [2.24, 2.45) is 5.92 Å². The van der Waals surface area contributed by atoms with E-state index in [4.69, 9.17) is 4.74 Å². The number of ether oxygens (including phenoxy) is 1. The molecular weight excluding hydrogens is 302 g/mol. The van der Waals surface area contributed by atoms with Crippen molar-refractivity contribution in [1.82, 2.24) is 5.32 Å². The fourth-order valence-electron chi connectivity index (χ4n) is 3.45. The monoisotopic (exact) mass is 325 g/mol. The van der Waals surface area contributed by atoms with Crippen molar-refractivity contribution in [2.45, 2.75) is 38.6 Å². The SMILES string of the molecule is C[C@@H]1CCCC[C@@H]1NC(=O)COc1ccc2ccccc2c1C=O. The summed E-state index contributed by atoms with van der Waals surface area (Å²) in [5, 5.41) is 4.88. The second kappa shape index (κ2) is 7.47. The zero-order valence-corrected chi connectivity index (χ0v) is 14.0. The Morgan fingerprint density at radius 3 is 2.79 bits per heavy atom. The van der Waals surface area contributed by atoms with Gasteiger partial charge in [-0.25, -0.2) is 0 Å². The molecule has 1 fully saturated rings. The number of amides is 1. The Hall–Kier alpha value is -2.36. The van der Waals surface area contributed by atoms with Gasteiger partial charge in [-0.1, -0.05) is 50.1 Å². The zero-order chi connectivity index (χ0) is 16.9. The largest absolute Gasteiger partial charge is 0.483 e. The van der Waals surface area contributed by atoms with Crippen molar-refractivity contribution in [3.63, 3.8) is 0 Å². The van der Waals surface area contributed by atoms with Crippen LogP contribution in [0.15, 0.2) is 36.4 Å². The summed E-state index contributed by atoms with van der Waals surface area (Å²) >= 11 is 0. The Balaban J connectivity index is 1.67.